The Labute approximate surface area is 124 Å². The van der Waals surface area contributed by atoms with Gasteiger partial charge in [0.1, 0.15) is 17.3 Å². The molecule has 0 saturated carbocycles. The molecule has 2 heterocycles. The molecule has 0 radical (unpaired) electrons. The average Bonchev–Trinajstić information content (AvgIpc) is 2.86. The number of aliphatic hydroxyl groups excluding tert-OH is 2. The zero-order valence-electron chi connectivity index (χ0n) is 11.4. The minimum atomic E-state index is -1.37. The molecule has 3 unspecified atom stereocenters. The monoisotopic (exact) mass is 306 g/mol. The van der Waals surface area contributed by atoms with Gasteiger partial charge in [0.25, 0.3) is 0 Å². The zero-order chi connectivity index (χ0) is 15.9. The Bertz CT molecular complexity index is 779. The second kappa shape index (κ2) is 5.53. The van der Waals surface area contributed by atoms with Gasteiger partial charge >= 0.3 is 11.6 Å². The van der Waals surface area contributed by atoms with Gasteiger partial charge in [-0.15, -0.1) is 0 Å². The number of fused-ring (bicyclic) bond motifs is 1. The van der Waals surface area contributed by atoms with E-state index in [9.17, 15) is 14.7 Å². The largest absolute Gasteiger partial charge is 0.477 e. The van der Waals surface area contributed by atoms with Crippen molar-refractivity contribution in [1.29, 1.82) is 0 Å². The highest BCUT2D eigenvalue weighted by Gasteiger charge is 2.35. The van der Waals surface area contributed by atoms with E-state index in [4.69, 9.17) is 19.4 Å². The molecule has 116 valence electrons. The molecule has 1 aliphatic heterocycles. The van der Waals surface area contributed by atoms with Crippen molar-refractivity contribution >= 4 is 16.9 Å². The Morgan fingerprint density at radius 1 is 1.36 bits per heavy atom. The summed E-state index contributed by atoms with van der Waals surface area (Å²) in [5.74, 6) is -1.37. The number of carboxylic acid groups (broad SMARTS) is 1. The van der Waals surface area contributed by atoms with Crippen LogP contribution in [0.4, 0.5) is 0 Å². The predicted octanol–water partition coefficient (Wildman–Crippen LogP) is 0.674. The molecule has 3 rings (SSSR count). The normalized spacial score (nSPS) is 24.7. The molecule has 0 bridgehead atoms. The van der Waals surface area contributed by atoms with E-state index in [-0.39, 0.29) is 18.6 Å². The smallest absolute Gasteiger partial charge is 0.351 e. The van der Waals surface area contributed by atoms with Gasteiger partial charge in [-0.05, 0) is 17.7 Å². The zero-order valence-corrected chi connectivity index (χ0v) is 11.4. The molecule has 2 aromatic rings. The molecular weight excluding hydrogens is 292 g/mol. The molecule has 1 saturated heterocycles. The van der Waals surface area contributed by atoms with Crippen LogP contribution >= 0.6 is 0 Å². The van der Waals surface area contributed by atoms with Crippen LogP contribution in [0.1, 0.15) is 28.4 Å². The van der Waals surface area contributed by atoms with Crippen molar-refractivity contribution in [3.63, 3.8) is 0 Å². The van der Waals surface area contributed by atoms with E-state index in [0.29, 0.717) is 10.9 Å². The van der Waals surface area contributed by atoms with Crippen molar-refractivity contribution < 1.29 is 29.3 Å². The Hall–Kier alpha value is -2.22. The minimum Gasteiger partial charge on any atom is -0.477 e. The molecule has 0 aliphatic carbocycles. The van der Waals surface area contributed by atoms with E-state index in [1.807, 2.05) is 0 Å². The van der Waals surface area contributed by atoms with Gasteiger partial charge < -0.3 is 24.5 Å². The van der Waals surface area contributed by atoms with Gasteiger partial charge in [-0.2, -0.15) is 0 Å². The fourth-order valence-corrected chi connectivity index (χ4v) is 2.69. The van der Waals surface area contributed by atoms with Crippen molar-refractivity contribution in [2.45, 2.75) is 24.7 Å². The lowest BCUT2D eigenvalue weighted by Crippen LogP contribution is -2.24. The summed E-state index contributed by atoms with van der Waals surface area (Å²) in [6, 6.07) is 6.18. The third-order valence-electron chi connectivity index (χ3n) is 3.79. The van der Waals surface area contributed by atoms with Gasteiger partial charge in [0.2, 0.25) is 0 Å². The highest BCUT2D eigenvalue weighted by Crippen LogP contribution is 2.36. The van der Waals surface area contributed by atoms with Crippen LogP contribution in [-0.4, -0.2) is 40.1 Å². The van der Waals surface area contributed by atoms with Crippen molar-refractivity contribution in [2.75, 3.05) is 6.61 Å². The lowest BCUT2D eigenvalue weighted by Gasteiger charge is -2.14. The number of hydrogen-bond donors (Lipinski definition) is 3. The van der Waals surface area contributed by atoms with E-state index in [2.05, 4.69) is 0 Å². The molecule has 3 atom stereocenters. The summed E-state index contributed by atoms with van der Waals surface area (Å²) in [6.07, 6.45) is -1.73. The van der Waals surface area contributed by atoms with Gasteiger partial charge in [-0.1, -0.05) is 12.1 Å². The third-order valence-corrected chi connectivity index (χ3v) is 3.79. The van der Waals surface area contributed by atoms with Crippen LogP contribution in [0.25, 0.3) is 11.0 Å². The Morgan fingerprint density at radius 2 is 2.14 bits per heavy atom. The average molecular weight is 306 g/mol. The molecule has 7 nitrogen and oxygen atoms in total. The van der Waals surface area contributed by atoms with Gasteiger partial charge in [-0.3, -0.25) is 0 Å². The molecule has 22 heavy (non-hydrogen) atoms. The number of benzene rings is 1. The van der Waals surface area contributed by atoms with Crippen molar-refractivity contribution in [2.24, 2.45) is 0 Å². The van der Waals surface area contributed by atoms with Crippen molar-refractivity contribution in [3.8, 4) is 0 Å². The van der Waals surface area contributed by atoms with Crippen LogP contribution in [-0.2, 0) is 4.74 Å². The molecular formula is C15H14O7. The second-order valence-electron chi connectivity index (χ2n) is 5.16. The summed E-state index contributed by atoms with van der Waals surface area (Å²) >= 11 is 0. The fraction of sp³-hybridized carbons (Fsp3) is 0.333. The van der Waals surface area contributed by atoms with E-state index in [1.165, 1.54) is 6.07 Å². The first kappa shape index (κ1) is 14.7. The molecule has 1 aromatic heterocycles. The molecule has 1 fully saturated rings. The number of ether oxygens (including phenoxy) is 1. The standard InChI is InChI=1S/C15H14O7/c16-6-13-10(17)5-12(21-13)7-2-1-3-11-8(7)4-9(14(18)19)15(20)22-11/h1-4,10,12-13,16-17H,5-6H2,(H,18,19). The van der Waals surface area contributed by atoms with E-state index in [0.717, 1.165) is 0 Å². The molecule has 0 amide bonds. The Kier molecular flexibility index (Phi) is 3.69. The molecule has 3 N–H and O–H groups in total. The maximum atomic E-state index is 11.6. The summed E-state index contributed by atoms with van der Waals surface area (Å²) in [5, 5.41) is 28.5. The third kappa shape index (κ3) is 2.39. The first-order chi connectivity index (χ1) is 10.5. The Balaban J connectivity index is 2.12. The first-order valence-corrected chi connectivity index (χ1v) is 6.75. The van der Waals surface area contributed by atoms with E-state index < -0.39 is 35.5 Å². The van der Waals surface area contributed by atoms with Gasteiger partial charge in [-0.25, -0.2) is 9.59 Å². The minimum absolute atomic E-state index is 0.248. The van der Waals surface area contributed by atoms with Crippen LogP contribution in [0.5, 0.6) is 0 Å². The highest BCUT2D eigenvalue weighted by atomic mass is 16.5. The summed E-state index contributed by atoms with van der Waals surface area (Å²) in [4.78, 5) is 22.7. The first-order valence-electron chi connectivity index (χ1n) is 6.75. The number of hydrogen-bond acceptors (Lipinski definition) is 6. The van der Waals surface area contributed by atoms with E-state index >= 15 is 0 Å². The van der Waals surface area contributed by atoms with Gasteiger partial charge in [0.15, 0.2) is 0 Å². The quantitative estimate of drug-likeness (QED) is 0.713. The van der Waals surface area contributed by atoms with Crippen LogP contribution in [0, 0.1) is 0 Å². The number of aliphatic hydroxyl groups is 2. The molecule has 0 spiro atoms. The number of aromatic carboxylic acids is 1. The Morgan fingerprint density at radius 3 is 2.77 bits per heavy atom. The lowest BCUT2D eigenvalue weighted by atomic mass is 10.00. The van der Waals surface area contributed by atoms with E-state index in [1.54, 1.807) is 18.2 Å². The topological polar surface area (TPSA) is 117 Å². The summed E-state index contributed by atoms with van der Waals surface area (Å²) in [7, 11) is 0. The maximum absolute atomic E-state index is 11.6. The number of carbonyl (C=O) groups is 1. The highest BCUT2D eigenvalue weighted by molar-refractivity contribution is 5.92. The van der Waals surface area contributed by atoms with Crippen LogP contribution < -0.4 is 5.63 Å². The fourth-order valence-electron chi connectivity index (χ4n) is 2.69. The second-order valence-corrected chi connectivity index (χ2v) is 5.16. The molecule has 1 aromatic carbocycles. The van der Waals surface area contributed by atoms with Crippen molar-refractivity contribution in [3.05, 3.63) is 45.8 Å². The summed E-state index contributed by atoms with van der Waals surface area (Å²) < 4.78 is 10.6. The van der Waals surface area contributed by atoms with Gasteiger partial charge in [0.05, 0.1) is 18.8 Å². The number of carboxylic acids is 1. The van der Waals surface area contributed by atoms with Gasteiger partial charge in [0, 0.05) is 11.8 Å². The maximum Gasteiger partial charge on any atom is 0.351 e. The van der Waals surface area contributed by atoms with Crippen molar-refractivity contribution in [1.82, 2.24) is 0 Å². The van der Waals surface area contributed by atoms with Crippen LogP contribution in [0.3, 0.4) is 0 Å². The SMILES string of the molecule is O=C(O)c1cc2c(C3CC(O)C(CO)O3)cccc2oc1=O. The summed E-state index contributed by atoms with van der Waals surface area (Å²) in [5.41, 5.74) is -0.522. The predicted molar refractivity (Wildman–Crippen MR) is 74.8 cm³/mol. The molecule has 7 heteroatoms. The summed E-state index contributed by atoms with van der Waals surface area (Å²) in [6.45, 7) is -0.308. The molecule has 1 aliphatic rings. The van der Waals surface area contributed by atoms with Crippen LogP contribution in [0.2, 0.25) is 0 Å². The number of rotatable bonds is 3. The lowest BCUT2D eigenvalue weighted by molar-refractivity contribution is -0.0222. The van der Waals surface area contributed by atoms with Crippen LogP contribution in [0.15, 0.2) is 33.5 Å².